The summed E-state index contributed by atoms with van der Waals surface area (Å²) in [6.07, 6.45) is 0. The number of carbonyl (C=O) groups is 4. The lowest BCUT2D eigenvalue weighted by molar-refractivity contribution is -0.143. The van der Waals surface area contributed by atoms with Crippen molar-refractivity contribution in [1.82, 2.24) is 0 Å². The van der Waals surface area contributed by atoms with Crippen molar-refractivity contribution in [2.75, 3.05) is 14.2 Å². The summed E-state index contributed by atoms with van der Waals surface area (Å²) < 4.78 is 19.6. The number of esters is 4. The number of hydrogen-bond donors (Lipinski definition) is 0. The molecule has 2 aromatic rings. The summed E-state index contributed by atoms with van der Waals surface area (Å²) >= 11 is 0. The summed E-state index contributed by atoms with van der Waals surface area (Å²) in [6.45, 7) is 2.49. The van der Waals surface area contributed by atoms with Gasteiger partial charge in [0.1, 0.15) is 13.2 Å². The van der Waals surface area contributed by atoms with E-state index >= 15 is 0 Å². The number of carbonyl (C=O) groups excluding carboxylic acids is 4. The maximum absolute atomic E-state index is 11.9. The first-order valence-electron chi connectivity index (χ1n) is 9.46. The van der Waals surface area contributed by atoms with Gasteiger partial charge in [-0.3, -0.25) is 9.59 Å². The summed E-state index contributed by atoms with van der Waals surface area (Å²) in [5.74, 6) is 3.87. The fourth-order valence-electron chi connectivity index (χ4n) is 2.62. The molecule has 0 aliphatic heterocycles. The van der Waals surface area contributed by atoms with Crippen LogP contribution in [0.25, 0.3) is 0 Å². The Kier molecular flexibility index (Phi) is 8.54. The van der Waals surface area contributed by atoms with Gasteiger partial charge in [0.05, 0.1) is 25.3 Å². The minimum Gasteiger partial charge on any atom is -0.465 e. The van der Waals surface area contributed by atoms with Gasteiger partial charge in [-0.2, -0.15) is 0 Å². The smallest absolute Gasteiger partial charge is 0.337 e. The van der Waals surface area contributed by atoms with Crippen LogP contribution >= 0.6 is 0 Å². The highest BCUT2D eigenvalue weighted by Gasteiger charge is 2.12. The lowest BCUT2D eigenvalue weighted by Gasteiger charge is -2.09. The molecule has 0 saturated heterocycles. The molecule has 0 atom stereocenters. The van der Waals surface area contributed by atoms with Crippen LogP contribution < -0.4 is 0 Å². The van der Waals surface area contributed by atoms with E-state index in [4.69, 9.17) is 18.9 Å². The lowest BCUT2D eigenvalue weighted by atomic mass is 10.0. The third-order valence-corrected chi connectivity index (χ3v) is 4.26. The molecule has 0 fully saturated rings. The molecule has 0 aromatic heterocycles. The molecule has 0 radical (unpaired) electrons. The Bertz CT molecular complexity index is 1020. The van der Waals surface area contributed by atoms with Crippen LogP contribution in [0.4, 0.5) is 0 Å². The zero-order valence-electron chi connectivity index (χ0n) is 18.1. The molecule has 0 aliphatic rings. The third-order valence-electron chi connectivity index (χ3n) is 4.26. The molecule has 0 saturated carbocycles. The lowest BCUT2D eigenvalue weighted by Crippen LogP contribution is -2.06. The minimum absolute atomic E-state index is 0.0384. The first-order valence-corrected chi connectivity index (χ1v) is 9.46. The Balaban J connectivity index is 2.54. The van der Waals surface area contributed by atoms with E-state index in [0.717, 1.165) is 0 Å². The van der Waals surface area contributed by atoms with Crippen molar-refractivity contribution in [3.8, 4) is 11.8 Å². The fraction of sp³-hybridized carbons (Fsp3) is 0.250. The molecule has 0 bridgehead atoms. The molecule has 0 amide bonds. The summed E-state index contributed by atoms with van der Waals surface area (Å²) in [7, 11) is 2.53. The minimum atomic E-state index is -0.546. The predicted molar refractivity (Wildman–Crippen MR) is 112 cm³/mol. The molecule has 8 heteroatoms. The van der Waals surface area contributed by atoms with Crippen LogP contribution in [0.15, 0.2) is 36.4 Å². The molecule has 0 N–H and O–H groups in total. The summed E-state index contributed by atoms with van der Waals surface area (Å²) in [5.41, 5.74) is 2.54. The Hall–Kier alpha value is -4.12. The van der Waals surface area contributed by atoms with Crippen molar-refractivity contribution in [3.05, 3.63) is 69.8 Å². The van der Waals surface area contributed by atoms with E-state index in [-0.39, 0.29) is 24.3 Å². The van der Waals surface area contributed by atoms with Crippen LogP contribution in [0, 0.1) is 11.8 Å². The highest BCUT2D eigenvalue weighted by molar-refractivity contribution is 5.90. The van der Waals surface area contributed by atoms with Crippen molar-refractivity contribution in [2.24, 2.45) is 0 Å². The van der Waals surface area contributed by atoms with Gasteiger partial charge in [0.2, 0.25) is 0 Å². The van der Waals surface area contributed by atoms with E-state index in [9.17, 15) is 19.2 Å². The van der Waals surface area contributed by atoms with Crippen molar-refractivity contribution in [1.29, 1.82) is 0 Å². The first kappa shape index (κ1) is 24.2. The van der Waals surface area contributed by atoms with E-state index in [1.807, 2.05) is 0 Å². The zero-order valence-corrected chi connectivity index (χ0v) is 18.1. The summed E-state index contributed by atoms with van der Waals surface area (Å²) in [6, 6.07) is 9.36. The second kappa shape index (κ2) is 11.3. The number of benzene rings is 2. The van der Waals surface area contributed by atoms with Crippen LogP contribution in [0.5, 0.6) is 0 Å². The largest absolute Gasteiger partial charge is 0.465 e. The van der Waals surface area contributed by atoms with Gasteiger partial charge in [0.25, 0.3) is 0 Å². The molecule has 2 rings (SSSR count). The van der Waals surface area contributed by atoms with Gasteiger partial charge in [-0.25, -0.2) is 9.59 Å². The highest BCUT2D eigenvalue weighted by atomic mass is 16.5. The third kappa shape index (κ3) is 6.71. The molecular weight excluding hydrogens is 416 g/mol. The van der Waals surface area contributed by atoms with E-state index in [1.165, 1.54) is 40.2 Å². The Morgan fingerprint density at radius 2 is 1.06 bits per heavy atom. The average Bonchev–Trinajstić information content (AvgIpc) is 2.79. The Morgan fingerprint density at radius 3 is 1.38 bits per heavy atom. The van der Waals surface area contributed by atoms with E-state index < -0.39 is 23.9 Å². The van der Waals surface area contributed by atoms with E-state index in [0.29, 0.717) is 22.3 Å². The van der Waals surface area contributed by atoms with Crippen LogP contribution in [0.2, 0.25) is 0 Å². The van der Waals surface area contributed by atoms with Gasteiger partial charge in [-0.05, 0) is 24.3 Å². The first-order chi connectivity index (χ1) is 15.2. The van der Waals surface area contributed by atoms with Crippen LogP contribution in [0.3, 0.4) is 0 Å². The van der Waals surface area contributed by atoms with Gasteiger partial charge in [-0.1, -0.05) is 24.0 Å². The SMILES string of the molecule is COC(=O)c1ccc(COC(C)=O)c(C#Cc2cc(C(=O)OC)ccc2COC(C)=O)c1. The van der Waals surface area contributed by atoms with Crippen molar-refractivity contribution < 1.29 is 38.1 Å². The maximum atomic E-state index is 11.9. The predicted octanol–water partition coefficient (Wildman–Crippen LogP) is 2.79. The monoisotopic (exact) mass is 438 g/mol. The molecule has 0 spiro atoms. The molecule has 0 unspecified atom stereocenters. The Morgan fingerprint density at radius 1 is 0.688 bits per heavy atom. The van der Waals surface area contributed by atoms with Crippen LogP contribution in [-0.2, 0) is 41.8 Å². The topological polar surface area (TPSA) is 105 Å². The average molecular weight is 438 g/mol. The van der Waals surface area contributed by atoms with Crippen LogP contribution in [0.1, 0.15) is 56.8 Å². The second-order valence-corrected chi connectivity index (χ2v) is 6.54. The number of methoxy groups -OCH3 is 2. The number of hydrogen-bond acceptors (Lipinski definition) is 8. The maximum Gasteiger partial charge on any atom is 0.337 e. The molecule has 2 aromatic carbocycles. The second-order valence-electron chi connectivity index (χ2n) is 6.54. The van der Waals surface area contributed by atoms with Crippen molar-refractivity contribution in [2.45, 2.75) is 27.1 Å². The number of rotatable bonds is 6. The molecule has 32 heavy (non-hydrogen) atoms. The van der Waals surface area contributed by atoms with Gasteiger partial charge in [0, 0.05) is 36.1 Å². The molecular formula is C24H22O8. The van der Waals surface area contributed by atoms with E-state index in [2.05, 4.69) is 11.8 Å². The van der Waals surface area contributed by atoms with E-state index in [1.54, 1.807) is 24.3 Å². The summed E-state index contributed by atoms with van der Waals surface area (Å²) in [4.78, 5) is 46.3. The quantitative estimate of drug-likeness (QED) is 0.385. The van der Waals surface area contributed by atoms with Gasteiger partial charge >= 0.3 is 23.9 Å². The summed E-state index contributed by atoms with van der Waals surface area (Å²) in [5, 5.41) is 0. The van der Waals surface area contributed by atoms with Gasteiger partial charge in [-0.15, -0.1) is 0 Å². The normalized spacial score (nSPS) is 9.75. The zero-order chi connectivity index (χ0) is 23.7. The fourth-order valence-corrected chi connectivity index (χ4v) is 2.62. The molecule has 166 valence electrons. The van der Waals surface area contributed by atoms with Crippen molar-refractivity contribution >= 4 is 23.9 Å². The van der Waals surface area contributed by atoms with Crippen LogP contribution in [-0.4, -0.2) is 38.1 Å². The van der Waals surface area contributed by atoms with Gasteiger partial charge < -0.3 is 18.9 Å². The Labute approximate surface area is 185 Å². The highest BCUT2D eigenvalue weighted by Crippen LogP contribution is 2.17. The molecule has 8 nitrogen and oxygen atoms in total. The molecule has 0 heterocycles. The molecule has 0 aliphatic carbocycles. The van der Waals surface area contributed by atoms with Gasteiger partial charge in [0.15, 0.2) is 0 Å². The number of ether oxygens (including phenoxy) is 4. The standard InChI is InChI=1S/C24H22O8/c1-15(25)31-13-21-9-7-19(23(27)29-3)11-17(21)5-6-18-12-20(24(28)30-4)8-10-22(18)14-32-16(2)26/h7-12H,13-14H2,1-4H3. The van der Waals surface area contributed by atoms with Crippen molar-refractivity contribution in [3.63, 3.8) is 0 Å².